The number of rotatable bonds is 7. The summed E-state index contributed by atoms with van der Waals surface area (Å²) in [5.74, 6) is 0.950. The van der Waals surface area contributed by atoms with Crippen LogP contribution in [0.1, 0.15) is 31.4 Å². The van der Waals surface area contributed by atoms with E-state index in [1.54, 1.807) is 7.11 Å². The second-order valence-electron chi connectivity index (χ2n) is 6.61. The molecule has 0 radical (unpaired) electrons. The standard InChI is InChI=1S/C17H29BrN4O.HI/c1-19-16(20-13-17(6-5-7-17)8-9-23-4)22(3)12-15-10-14(18)11-21(15)2;/h10-11H,5-9,12-13H2,1-4H3,(H,19,20);1H. The summed E-state index contributed by atoms with van der Waals surface area (Å²) in [7, 11) is 7.78. The third-order valence-corrected chi connectivity index (χ3v) is 5.35. The number of aliphatic imine (C=N–C) groups is 1. The lowest BCUT2D eigenvalue weighted by Gasteiger charge is -2.42. The number of ether oxygens (including phenoxy) is 1. The highest BCUT2D eigenvalue weighted by Crippen LogP contribution is 2.43. The summed E-state index contributed by atoms with van der Waals surface area (Å²) in [6.07, 6.45) is 7.11. The van der Waals surface area contributed by atoms with Crippen molar-refractivity contribution in [1.82, 2.24) is 14.8 Å². The molecule has 2 rings (SSSR count). The Kier molecular flexibility index (Phi) is 9.08. The molecular weight excluding hydrogens is 483 g/mol. The molecule has 0 bridgehead atoms. The summed E-state index contributed by atoms with van der Waals surface area (Å²) in [4.78, 5) is 6.61. The first-order chi connectivity index (χ1) is 11.0. The largest absolute Gasteiger partial charge is 0.385 e. The van der Waals surface area contributed by atoms with Crippen molar-refractivity contribution in [3.8, 4) is 0 Å². The summed E-state index contributed by atoms with van der Waals surface area (Å²) in [5, 5.41) is 3.57. The lowest BCUT2D eigenvalue weighted by atomic mass is 9.67. The SMILES string of the molecule is CN=C(NCC1(CCOC)CCC1)N(C)Cc1cc(Br)cn1C.I. The number of hydrogen-bond donors (Lipinski definition) is 1. The molecule has 5 nitrogen and oxygen atoms in total. The minimum Gasteiger partial charge on any atom is -0.385 e. The van der Waals surface area contributed by atoms with Gasteiger partial charge in [-0.2, -0.15) is 0 Å². The van der Waals surface area contributed by atoms with E-state index >= 15 is 0 Å². The molecule has 0 saturated heterocycles. The minimum atomic E-state index is 0. The van der Waals surface area contributed by atoms with E-state index in [2.05, 4.69) is 62.1 Å². The van der Waals surface area contributed by atoms with Gasteiger partial charge in [-0.15, -0.1) is 24.0 Å². The van der Waals surface area contributed by atoms with E-state index in [4.69, 9.17) is 4.74 Å². The Morgan fingerprint density at radius 2 is 2.21 bits per heavy atom. The molecule has 0 spiro atoms. The predicted molar refractivity (Wildman–Crippen MR) is 114 cm³/mol. The van der Waals surface area contributed by atoms with E-state index in [0.717, 1.165) is 36.5 Å². The van der Waals surface area contributed by atoms with Gasteiger partial charge in [0.05, 0.1) is 6.54 Å². The Balaban J connectivity index is 0.00000288. The van der Waals surface area contributed by atoms with Crippen molar-refractivity contribution in [3.63, 3.8) is 0 Å². The highest BCUT2D eigenvalue weighted by molar-refractivity contribution is 14.0. The fourth-order valence-electron chi connectivity index (χ4n) is 3.20. The summed E-state index contributed by atoms with van der Waals surface area (Å²) >= 11 is 3.53. The third kappa shape index (κ3) is 5.62. The second-order valence-corrected chi connectivity index (χ2v) is 7.53. The molecule has 1 aromatic heterocycles. The number of methoxy groups -OCH3 is 1. The van der Waals surface area contributed by atoms with Gasteiger partial charge in [0.25, 0.3) is 0 Å². The van der Waals surface area contributed by atoms with E-state index in [-0.39, 0.29) is 24.0 Å². The number of halogens is 2. The Morgan fingerprint density at radius 3 is 2.67 bits per heavy atom. The molecule has 1 N–H and O–H groups in total. The maximum Gasteiger partial charge on any atom is 0.193 e. The molecule has 1 heterocycles. The van der Waals surface area contributed by atoms with Crippen molar-refractivity contribution in [3.05, 3.63) is 22.4 Å². The van der Waals surface area contributed by atoms with Crippen LogP contribution in [-0.2, 0) is 18.3 Å². The van der Waals surface area contributed by atoms with E-state index in [1.807, 2.05) is 7.05 Å². The molecule has 24 heavy (non-hydrogen) atoms. The molecule has 0 amide bonds. The first-order valence-corrected chi connectivity index (χ1v) is 9.00. The van der Waals surface area contributed by atoms with Gasteiger partial charge in [-0.25, -0.2) is 0 Å². The van der Waals surface area contributed by atoms with Gasteiger partial charge in [0.15, 0.2) is 5.96 Å². The van der Waals surface area contributed by atoms with Gasteiger partial charge in [0.1, 0.15) is 0 Å². The molecule has 1 aliphatic rings. The van der Waals surface area contributed by atoms with Gasteiger partial charge in [-0.05, 0) is 46.7 Å². The lowest BCUT2D eigenvalue weighted by molar-refractivity contribution is 0.0727. The van der Waals surface area contributed by atoms with Gasteiger partial charge in [-0.1, -0.05) is 6.42 Å². The summed E-state index contributed by atoms with van der Waals surface area (Å²) in [5.41, 5.74) is 1.64. The van der Waals surface area contributed by atoms with Crippen molar-refractivity contribution >= 4 is 45.9 Å². The molecule has 138 valence electrons. The van der Waals surface area contributed by atoms with Gasteiger partial charge in [0.2, 0.25) is 0 Å². The van der Waals surface area contributed by atoms with E-state index in [9.17, 15) is 0 Å². The van der Waals surface area contributed by atoms with Crippen LogP contribution in [0, 0.1) is 5.41 Å². The summed E-state index contributed by atoms with van der Waals surface area (Å²) in [6.45, 7) is 2.64. The van der Waals surface area contributed by atoms with Crippen LogP contribution in [0.4, 0.5) is 0 Å². The number of guanidine groups is 1. The first kappa shape index (κ1) is 21.8. The van der Waals surface area contributed by atoms with E-state index < -0.39 is 0 Å². The smallest absolute Gasteiger partial charge is 0.193 e. The Morgan fingerprint density at radius 1 is 1.50 bits per heavy atom. The Hall–Kier alpha value is -0.280. The molecule has 1 aliphatic carbocycles. The molecule has 0 aliphatic heterocycles. The first-order valence-electron chi connectivity index (χ1n) is 8.21. The quantitative estimate of drug-likeness (QED) is 0.344. The lowest BCUT2D eigenvalue weighted by Crippen LogP contribution is -2.47. The highest BCUT2D eigenvalue weighted by Gasteiger charge is 2.36. The van der Waals surface area contributed by atoms with Crippen LogP contribution in [0.25, 0.3) is 0 Å². The predicted octanol–water partition coefficient (Wildman–Crippen LogP) is 3.62. The van der Waals surface area contributed by atoms with E-state index in [0.29, 0.717) is 5.41 Å². The number of aryl methyl sites for hydroxylation is 1. The van der Waals surface area contributed by atoms with Crippen molar-refractivity contribution < 1.29 is 4.74 Å². The van der Waals surface area contributed by atoms with Crippen LogP contribution in [-0.4, -0.2) is 49.8 Å². The van der Waals surface area contributed by atoms with Crippen molar-refractivity contribution in [2.45, 2.75) is 32.2 Å². The topological polar surface area (TPSA) is 41.8 Å². The van der Waals surface area contributed by atoms with E-state index in [1.165, 1.54) is 25.0 Å². The van der Waals surface area contributed by atoms with Crippen LogP contribution in [0.15, 0.2) is 21.7 Å². The maximum absolute atomic E-state index is 5.27. The molecule has 0 atom stereocenters. The summed E-state index contributed by atoms with van der Waals surface area (Å²) in [6, 6.07) is 2.15. The fraction of sp³-hybridized carbons (Fsp3) is 0.706. The van der Waals surface area contributed by atoms with Gasteiger partial charge < -0.3 is 19.5 Å². The highest BCUT2D eigenvalue weighted by atomic mass is 127. The van der Waals surface area contributed by atoms with Crippen LogP contribution in [0.2, 0.25) is 0 Å². The number of nitrogens with one attached hydrogen (secondary N) is 1. The Labute approximate surface area is 171 Å². The van der Waals surface area contributed by atoms with Crippen molar-refractivity contribution in [2.24, 2.45) is 17.5 Å². The molecule has 1 saturated carbocycles. The average molecular weight is 513 g/mol. The normalized spacial score (nSPS) is 16.3. The number of nitrogens with zero attached hydrogens (tertiary/aromatic N) is 3. The zero-order chi connectivity index (χ0) is 16.9. The van der Waals surface area contributed by atoms with Crippen LogP contribution in [0.3, 0.4) is 0 Å². The molecule has 0 aromatic carbocycles. The maximum atomic E-state index is 5.27. The minimum absolute atomic E-state index is 0. The Bertz CT molecular complexity index is 543. The van der Waals surface area contributed by atoms with Crippen molar-refractivity contribution in [2.75, 3.05) is 34.4 Å². The third-order valence-electron chi connectivity index (χ3n) is 4.92. The van der Waals surface area contributed by atoms with Crippen LogP contribution < -0.4 is 5.32 Å². The molecule has 1 aromatic rings. The van der Waals surface area contributed by atoms with Crippen molar-refractivity contribution in [1.29, 1.82) is 0 Å². The fourth-order valence-corrected chi connectivity index (χ4v) is 3.77. The van der Waals surface area contributed by atoms with Gasteiger partial charge in [-0.3, -0.25) is 4.99 Å². The van der Waals surface area contributed by atoms with Crippen LogP contribution in [0.5, 0.6) is 0 Å². The molecule has 0 unspecified atom stereocenters. The van der Waals surface area contributed by atoms with Gasteiger partial charge >= 0.3 is 0 Å². The second kappa shape index (κ2) is 10.0. The molecule has 1 fully saturated rings. The average Bonchev–Trinajstić information content (AvgIpc) is 2.79. The summed E-state index contributed by atoms with van der Waals surface area (Å²) < 4.78 is 8.52. The van der Waals surface area contributed by atoms with Crippen LogP contribution >= 0.6 is 39.9 Å². The molecule has 7 heteroatoms. The monoisotopic (exact) mass is 512 g/mol. The number of hydrogen-bond acceptors (Lipinski definition) is 2. The zero-order valence-corrected chi connectivity index (χ0v) is 19.1. The zero-order valence-electron chi connectivity index (χ0n) is 15.1. The molecular formula is C17H30BrIN4O. The number of aromatic nitrogens is 1. The van der Waals surface area contributed by atoms with Gasteiger partial charge in [0, 0.05) is 57.8 Å².